The van der Waals surface area contributed by atoms with Crippen molar-refractivity contribution in [3.63, 3.8) is 0 Å². The number of aromatic nitrogens is 3. The largest absolute Gasteiger partial charge is 0.461 e. The number of carbonyl (C=O) groups excluding carboxylic acids is 1. The lowest BCUT2D eigenvalue weighted by molar-refractivity contribution is -0.128. The molecule has 4 aliphatic heterocycles. The summed E-state index contributed by atoms with van der Waals surface area (Å²) >= 11 is 6.42. The van der Waals surface area contributed by atoms with Crippen molar-refractivity contribution < 1.29 is 31.5 Å². The van der Waals surface area contributed by atoms with Crippen molar-refractivity contribution in [3.05, 3.63) is 65.3 Å². The first-order chi connectivity index (χ1) is 26.9. The van der Waals surface area contributed by atoms with Crippen molar-refractivity contribution in [1.82, 2.24) is 29.7 Å². The first-order valence-corrected chi connectivity index (χ1v) is 19.3. The Bertz CT molecular complexity index is 2230. The molecule has 6 heterocycles. The average Bonchev–Trinajstić information content (AvgIpc) is 3.71. The molecule has 4 fully saturated rings. The van der Waals surface area contributed by atoms with Crippen LogP contribution in [0.4, 0.5) is 27.8 Å². The zero-order chi connectivity index (χ0) is 39.2. The highest BCUT2D eigenvalue weighted by atomic mass is 35.5. The number of piperidine rings is 1. The number of fused-ring (bicyclic) bond motifs is 3. The molecule has 2 aromatic heterocycles. The van der Waals surface area contributed by atoms with Crippen LogP contribution in [0.3, 0.4) is 0 Å². The highest BCUT2D eigenvalue weighted by Crippen LogP contribution is 2.42. The number of rotatable bonds is 9. The van der Waals surface area contributed by atoms with E-state index in [1.165, 1.54) is 18.3 Å². The normalized spacial score (nSPS) is 24.3. The molecular formula is C40H40ClF5N8O2. The van der Waals surface area contributed by atoms with Crippen LogP contribution in [-0.4, -0.2) is 118 Å². The topological polar surface area (TPSA) is 102 Å². The maximum atomic E-state index is 16.9. The molecule has 56 heavy (non-hydrogen) atoms. The summed E-state index contributed by atoms with van der Waals surface area (Å²) < 4.78 is 79.7. The zero-order valence-corrected chi connectivity index (χ0v) is 31.3. The monoisotopic (exact) mass is 794 g/mol. The number of nitriles is 1. The fourth-order valence-corrected chi connectivity index (χ4v) is 9.02. The van der Waals surface area contributed by atoms with Crippen LogP contribution < -0.4 is 9.64 Å². The number of likely N-dealkylation sites (tertiary alicyclic amines) is 1. The minimum atomic E-state index is -2.66. The number of hydrogen-bond acceptors (Lipinski definition) is 9. The Morgan fingerprint density at radius 2 is 1.88 bits per heavy atom. The second-order valence-corrected chi connectivity index (χ2v) is 15.6. The molecule has 0 bridgehead atoms. The number of pyridine rings is 1. The van der Waals surface area contributed by atoms with E-state index >= 15 is 4.39 Å². The molecule has 0 saturated carbocycles. The van der Waals surface area contributed by atoms with Crippen LogP contribution in [0, 0.1) is 23.0 Å². The van der Waals surface area contributed by atoms with Crippen LogP contribution in [0.25, 0.3) is 32.9 Å². The Morgan fingerprint density at radius 1 is 1.05 bits per heavy atom. The second kappa shape index (κ2) is 15.4. The van der Waals surface area contributed by atoms with Gasteiger partial charge in [-0.2, -0.15) is 15.2 Å². The Labute approximate surface area is 325 Å². The van der Waals surface area contributed by atoms with Crippen LogP contribution in [0.2, 0.25) is 5.02 Å². The van der Waals surface area contributed by atoms with Crippen LogP contribution in [0.5, 0.6) is 6.01 Å². The van der Waals surface area contributed by atoms with E-state index in [1.54, 1.807) is 35.2 Å². The lowest BCUT2D eigenvalue weighted by atomic mass is 9.95. The number of ether oxygens (including phenoxy) is 1. The van der Waals surface area contributed by atoms with Crippen molar-refractivity contribution >= 4 is 45.0 Å². The molecule has 8 rings (SSSR count). The first-order valence-electron chi connectivity index (χ1n) is 18.9. The maximum Gasteiger partial charge on any atom is 0.319 e. The number of anilines is 1. The van der Waals surface area contributed by atoms with E-state index in [0.717, 1.165) is 19.4 Å². The third-order valence-electron chi connectivity index (χ3n) is 11.7. The van der Waals surface area contributed by atoms with Gasteiger partial charge in [0.05, 0.1) is 34.5 Å². The van der Waals surface area contributed by atoms with Gasteiger partial charge in [0.2, 0.25) is 5.91 Å². The highest BCUT2D eigenvalue weighted by molar-refractivity contribution is 6.36. The number of halogens is 6. The average molecular weight is 795 g/mol. The number of carbonyl (C=O) groups is 1. The van der Waals surface area contributed by atoms with Gasteiger partial charge >= 0.3 is 6.01 Å². The van der Waals surface area contributed by atoms with Crippen molar-refractivity contribution in [3.8, 4) is 23.3 Å². The molecule has 16 heteroatoms. The summed E-state index contributed by atoms with van der Waals surface area (Å²) in [6.45, 7) is 2.63. The van der Waals surface area contributed by atoms with Gasteiger partial charge in [-0.3, -0.25) is 19.6 Å². The van der Waals surface area contributed by atoms with Gasteiger partial charge in [-0.15, -0.1) is 0 Å². The molecule has 10 nitrogen and oxygen atoms in total. The molecule has 4 aliphatic rings. The fraction of sp³-hybridized carbons (Fsp3) is 0.475. The third-order valence-corrected chi connectivity index (χ3v) is 12.0. The van der Waals surface area contributed by atoms with Crippen LogP contribution in [0.15, 0.2) is 48.7 Å². The molecule has 2 aromatic carbocycles. The highest BCUT2D eigenvalue weighted by Gasteiger charge is 2.49. The molecule has 0 radical (unpaired) electrons. The molecule has 294 valence electrons. The van der Waals surface area contributed by atoms with Gasteiger partial charge in [0, 0.05) is 88.3 Å². The van der Waals surface area contributed by atoms with Gasteiger partial charge in [-0.25, -0.2) is 22.0 Å². The van der Waals surface area contributed by atoms with Gasteiger partial charge in [0.25, 0.3) is 5.92 Å². The van der Waals surface area contributed by atoms with Crippen molar-refractivity contribution in [2.24, 2.45) is 0 Å². The summed E-state index contributed by atoms with van der Waals surface area (Å²) in [4.78, 5) is 34.6. The number of alkyl halides is 3. The van der Waals surface area contributed by atoms with Crippen molar-refractivity contribution in [2.45, 2.75) is 62.2 Å². The zero-order valence-electron chi connectivity index (χ0n) is 30.5. The fourth-order valence-electron chi connectivity index (χ4n) is 8.75. The first kappa shape index (κ1) is 38.2. The van der Waals surface area contributed by atoms with Crippen LogP contribution in [-0.2, 0) is 4.79 Å². The quantitative estimate of drug-likeness (QED) is 0.132. The number of nitrogens with zero attached hydrogens (tertiary/aromatic N) is 8. The van der Waals surface area contributed by atoms with Crippen LogP contribution >= 0.6 is 11.6 Å². The Balaban J connectivity index is 1.12. The van der Waals surface area contributed by atoms with E-state index in [1.807, 2.05) is 9.80 Å². The number of benzene rings is 2. The minimum absolute atomic E-state index is 0.00156. The lowest BCUT2D eigenvalue weighted by Gasteiger charge is -2.41. The predicted octanol–water partition coefficient (Wildman–Crippen LogP) is 6.95. The van der Waals surface area contributed by atoms with Crippen molar-refractivity contribution in [2.75, 3.05) is 63.9 Å². The summed E-state index contributed by atoms with van der Waals surface area (Å²) in [6.07, 6.45) is 5.04. The van der Waals surface area contributed by atoms with Gasteiger partial charge in [0.1, 0.15) is 35.6 Å². The number of amides is 1. The van der Waals surface area contributed by atoms with Gasteiger partial charge < -0.3 is 14.5 Å². The molecular weight excluding hydrogens is 755 g/mol. The molecule has 4 saturated heterocycles. The molecule has 0 aliphatic carbocycles. The summed E-state index contributed by atoms with van der Waals surface area (Å²) in [6, 6.07) is 9.32. The van der Waals surface area contributed by atoms with Crippen molar-refractivity contribution in [1.29, 1.82) is 5.26 Å². The van der Waals surface area contributed by atoms with Gasteiger partial charge in [0.15, 0.2) is 5.82 Å². The second-order valence-electron chi connectivity index (χ2n) is 15.2. The molecule has 4 aromatic rings. The van der Waals surface area contributed by atoms with E-state index in [4.69, 9.17) is 21.3 Å². The SMILES string of the molecule is N#CC[C@H]1CN(c2nc(OC[C@@]34CCCN3C[C@H](F)C4)nc3c(F)c(-c4cccc5ccc(F)c(Cl)c45)ncc23)CCN1C(=O)/C=C/CN1CCC(F)(F)CC1. The molecule has 1 amide bonds. The van der Waals surface area contributed by atoms with E-state index in [-0.39, 0.29) is 104 Å². The van der Waals surface area contributed by atoms with Crippen LogP contribution in [0.1, 0.15) is 38.5 Å². The lowest BCUT2D eigenvalue weighted by Crippen LogP contribution is -2.55. The Kier molecular flexibility index (Phi) is 10.5. The summed E-state index contributed by atoms with van der Waals surface area (Å²) in [7, 11) is 0. The third kappa shape index (κ3) is 7.34. The van der Waals surface area contributed by atoms with Gasteiger partial charge in [-0.1, -0.05) is 41.9 Å². The number of piperazine rings is 1. The smallest absolute Gasteiger partial charge is 0.319 e. The molecule has 0 N–H and O–H groups in total. The summed E-state index contributed by atoms with van der Waals surface area (Å²) in [5.74, 6) is -4.16. The maximum absolute atomic E-state index is 16.9. The summed E-state index contributed by atoms with van der Waals surface area (Å²) in [5.41, 5.74) is -0.475. The Morgan fingerprint density at radius 3 is 2.68 bits per heavy atom. The van der Waals surface area contributed by atoms with E-state index < -0.39 is 35.3 Å². The molecule has 0 unspecified atom stereocenters. The standard InChI is InChI=1S/C40H40ClF5N8O2/c41-33-30(43)8-7-25-4-1-5-28(32(25)33)35-34(44)36-29(21-48-35)37(50-38(49-36)56-24-39-10-3-15-53(39)22-26(42)20-39)52-18-19-54(27(23-52)9-13-47)31(55)6-2-14-51-16-11-40(45,46)12-17-51/h1-2,4-8,21,26-27H,3,9-12,14-20,22-24H2/b6-2+/t26-,27+,39+/m1/s1. The minimum Gasteiger partial charge on any atom is -0.461 e. The van der Waals surface area contributed by atoms with Gasteiger partial charge in [-0.05, 0) is 30.8 Å². The summed E-state index contributed by atoms with van der Waals surface area (Å²) in [5, 5.41) is 10.7. The van der Waals surface area contributed by atoms with E-state index in [0.29, 0.717) is 30.3 Å². The van der Waals surface area contributed by atoms with E-state index in [2.05, 4.69) is 20.9 Å². The molecule has 0 spiro atoms. The Hall–Kier alpha value is -4.65. The predicted molar refractivity (Wildman–Crippen MR) is 201 cm³/mol. The van der Waals surface area contributed by atoms with E-state index in [9.17, 15) is 27.6 Å². The number of hydrogen-bond donors (Lipinski definition) is 0. The molecule has 3 atom stereocenters.